The zero-order valence-electron chi connectivity index (χ0n) is 21.2. The molecule has 34 heavy (non-hydrogen) atoms. The highest BCUT2D eigenvalue weighted by molar-refractivity contribution is 5.46. The van der Waals surface area contributed by atoms with E-state index in [1.54, 1.807) is 0 Å². The third-order valence-electron chi connectivity index (χ3n) is 7.00. The van der Waals surface area contributed by atoms with Gasteiger partial charge in [-0.15, -0.1) is 0 Å². The summed E-state index contributed by atoms with van der Waals surface area (Å²) in [4.78, 5) is 24.2. The summed E-state index contributed by atoms with van der Waals surface area (Å²) in [7, 11) is 1.28. The molecule has 2 fully saturated rings. The second-order valence-corrected chi connectivity index (χ2v) is 10.8. The van der Waals surface area contributed by atoms with Gasteiger partial charge in [-0.3, -0.25) is 4.79 Å². The maximum atomic E-state index is 14.7. The molecule has 0 unspecified atom stereocenters. The van der Waals surface area contributed by atoms with Crippen LogP contribution in [0.25, 0.3) is 0 Å². The van der Waals surface area contributed by atoms with Crippen molar-refractivity contribution in [3.8, 4) is 0 Å². The zero-order valence-corrected chi connectivity index (χ0v) is 21.2. The summed E-state index contributed by atoms with van der Waals surface area (Å²) in [5, 5.41) is 2.91. The second-order valence-electron chi connectivity index (χ2n) is 10.8. The summed E-state index contributed by atoms with van der Waals surface area (Å²) in [6.07, 6.45) is 7.42. The van der Waals surface area contributed by atoms with E-state index in [1.807, 2.05) is 20.8 Å². The number of rotatable bonds is 9. The molecule has 1 aromatic rings. The number of nitrogens with zero attached hydrogens (tertiary/aromatic N) is 4. The first-order valence-electron chi connectivity index (χ1n) is 12.6. The number of methoxy groups -OCH3 is 1. The number of amides is 1. The molecule has 0 spiro atoms. The van der Waals surface area contributed by atoms with E-state index in [0.717, 1.165) is 58.4 Å². The molecule has 1 N–H and O–H groups in total. The molecule has 0 atom stereocenters. The van der Waals surface area contributed by atoms with E-state index >= 15 is 0 Å². The highest BCUT2D eigenvalue weighted by atomic mass is 19.3. The standard InChI is InChI=1S/C25H41F2N5O2/c1-24(2,3)23-29-21(25(26,27)17-34-4)16-22(30-23)32-12-5-11-31(14-15-32)13-10-19-6-8-20(9-7-19)28-18-33/h16,18-20H,5-15,17H2,1-4H3,(H,28,33). The van der Waals surface area contributed by atoms with Crippen molar-refractivity contribution < 1.29 is 18.3 Å². The fourth-order valence-corrected chi connectivity index (χ4v) is 4.88. The first kappa shape index (κ1) is 26.7. The van der Waals surface area contributed by atoms with E-state index in [1.165, 1.54) is 32.4 Å². The lowest BCUT2D eigenvalue weighted by molar-refractivity contribution is -0.110. The van der Waals surface area contributed by atoms with Gasteiger partial charge in [-0.2, -0.15) is 8.78 Å². The Balaban J connectivity index is 1.62. The Labute approximate surface area is 202 Å². The number of aromatic nitrogens is 2. The minimum absolute atomic E-state index is 0.273. The number of hydrogen-bond donors (Lipinski definition) is 1. The molecule has 2 aliphatic rings. The van der Waals surface area contributed by atoms with Crippen LogP contribution in [-0.2, 0) is 20.9 Å². The van der Waals surface area contributed by atoms with Gasteiger partial charge in [0.25, 0.3) is 0 Å². The van der Waals surface area contributed by atoms with Crippen LogP contribution in [0, 0.1) is 5.92 Å². The third kappa shape index (κ3) is 7.31. The molecule has 0 radical (unpaired) electrons. The summed E-state index contributed by atoms with van der Waals surface area (Å²) < 4.78 is 34.1. The Morgan fingerprint density at radius 1 is 1.12 bits per heavy atom. The highest BCUT2D eigenvalue weighted by Crippen LogP contribution is 2.32. The maximum Gasteiger partial charge on any atom is 0.312 e. The van der Waals surface area contributed by atoms with Gasteiger partial charge in [-0.05, 0) is 57.5 Å². The van der Waals surface area contributed by atoms with Crippen molar-refractivity contribution in [2.24, 2.45) is 5.92 Å². The monoisotopic (exact) mass is 481 g/mol. The summed E-state index contributed by atoms with van der Waals surface area (Å²) in [6, 6.07) is 1.78. The van der Waals surface area contributed by atoms with Crippen molar-refractivity contribution in [2.75, 3.05) is 51.3 Å². The first-order chi connectivity index (χ1) is 16.1. The number of hydrogen-bond acceptors (Lipinski definition) is 6. The number of alkyl halides is 2. The number of anilines is 1. The van der Waals surface area contributed by atoms with Crippen LogP contribution < -0.4 is 10.2 Å². The quantitative estimate of drug-likeness (QED) is 0.542. The van der Waals surface area contributed by atoms with Crippen molar-refractivity contribution in [3.05, 3.63) is 17.6 Å². The maximum absolute atomic E-state index is 14.7. The van der Waals surface area contributed by atoms with Crippen LogP contribution >= 0.6 is 0 Å². The molecule has 3 rings (SSSR count). The molecule has 192 valence electrons. The van der Waals surface area contributed by atoms with Gasteiger partial charge >= 0.3 is 5.92 Å². The van der Waals surface area contributed by atoms with Gasteiger partial charge in [0.05, 0.1) is 0 Å². The van der Waals surface area contributed by atoms with Gasteiger partial charge < -0.3 is 19.9 Å². The number of ether oxygens (including phenoxy) is 1. The number of carbonyl (C=O) groups is 1. The Kier molecular flexibility index (Phi) is 9.20. The first-order valence-corrected chi connectivity index (χ1v) is 12.6. The molecular formula is C25H41F2N5O2. The second kappa shape index (κ2) is 11.7. The number of nitrogens with one attached hydrogen (secondary N) is 1. The van der Waals surface area contributed by atoms with Gasteiger partial charge in [0.2, 0.25) is 6.41 Å². The van der Waals surface area contributed by atoms with Crippen LogP contribution in [0.5, 0.6) is 0 Å². The van der Waals surface area contributed by atoms with E-state index in [-0.39, 0.29) is 5.69 Å². The summed E-state index contributed by atoms with van der Waals surface area (Å²) >= 11 is 0. The lowest BCUT2D eigenvalue weighted by Crippen LogP contribution is -2.35. The summed E-state index contributed by atoms with van der Waals surface area (Å²) in [5.74, 6) is -1.44. The van der Waals surface area contributed by atoms with Crippen molar-refractivity contribution in [2.45, 2.75) is 76.7 Å². The fourth-order valence-electron chi connectivity index (χ4n) is 4.88. The molecule has 1 amide bonds. The van der Waals surface area contributed by atoms with E-state index in [2.05, 4.69) is 20.1 Å². The highest BCUT2D eigenvalue weighted by Gasteiger charge is 2.36. The van der Waals surface area contributed by atoms with E-state index in [0.29, 0.717) is 23.6 Å². The van der Waals surface area contributed by atoms with Crippen molar-refractivity contribution >= 4 is 12.2 Å². The van der Waals surface area contributed by atoms with Gasteiger partial charge in [0, 0.05) is 44.3 Å². The van der Waals surface area contributed by atoms with E-state index in [9.17, 15) is 13.6 Å². The van der Waals surface area contributed by atoms with Crippen LogP contribution in [0.15, 0.2) is 6.07 Å². The summed E-state index contributed by atoms with van der Waals surface area (Å²) in [5.41, 5.74) is -0.712. The molecular weight excluding hydrogens is 440 g/mol. The Hall–Kier alpha value is -1.87. The predicted molar refractivity (Wildman–Crippen MR) is 129 cm³/mol. The average molecular weight is 482 g/mol. The molecule has 2 heterocycles. The predicted octanol–water partition coefficient (Wildman–Crippen LogP) is 3.72. The van der Waals surface area contributed by atoms with Gasteiger partial charge in [-0.1, -0.05) is 20.8 Å². The SMILES string of the molecule is COCC(F)(F)c1cc(N2CCCN(CCC3CCC(NC=O)CC3)CC2)nc(C(C)(C)C)n1. The third-order valence-corrected chi connectivity index (χ3v) is 7.00. The largest absolute Gasteiger partial charge is 0.378 e. The Morgan fingerprint density at radius 2 is 1.85 bits per heavy atom. The topological polar surface area (TPSA) is 70.6 Å². The van der Waals surface area contributed by atoms with Gasteiger partial charge in [0.15, 0.2) is 0 Å². The fraction of sp³-hybridized carbons (Fsp3) is 0.800. The molecule has 7 nitrogen and oxygen atoms in total. The van der Waals surface area contributed by atoms with E-state index < -0.39 is 17.9 Å². The zero-order chi connectivity index (χ0) is 24.8. The molecule has 1 aliphatic heterocycles. The van der Waals surface area contributed by atoms with Crippen molar-refractivity contribution in [3.63, 3.8) is 0 Å². The lowest BCUT2D eigenvalue weighted by Gasteiger charge is -2.30. The molecule has 0 aromatic carbocycles. The van der Waals surface area contributed by atoms with E-state index in [4.69, 9.17) is 9.72 Å². The van der Waals surface area contributed by atoms with Crippen molar-refractivity contribution in [1.82, 2.24) is 20.2 Å². The Bertz CT molecular complexity index is 794. The van der Waals surface area contributed by atoms with Gasteiger partial charge in [-0.25, -0.2) is 9.97 Å². The molecule has 1 aromatic heterocycles. The number of carbonyl (C=O) groups excluding carboxylic acids is 1. The summed E-state index contributed by atoms with van der Waals surface area (Å²) in [6.45, 7) is 9.61. The van der Waals surface area contributed by atoms with Gasteiger partial charge in [0.1, 0.15) is 23.9 Å². The molecule has 0 bridgehead atoms. The Morgan fingerprint density at radius 3 is 2.50 bits per heavy atom. The average Bonchev–Trinajstić information content (AvgIpc) is 3.04. The normalized spacial score (nSPS) is 22.9. The van der Waals surface area contributed by atoms with Crippen LogP contribution in [0.2, 0.25) is 0 Å². The van der Waals surface area contributed by atoms with Crippen LogP contribution in [-0.4, -0.2) is 73.8 Å². The molecule has 1 aliphatic carbocycles. The minimum Gasteiger partial charge on any atom is -0.378 e. The minimum atomic E-state index is -3.16. The van der Waals surface area contributed by atoms with Crippen LogP contribution in [0.4, 0.5) is 14.6 Å². The van der Waals surface area contributed by atoms with Crippen molar-refractivity contribution in [1.29, 1.82) is 0 Å². The smallest absolute Gasteiger partial charge is 0.312 e. The lowest BCUT2D eigenvalue weighted by atomic mass is 9.84. The molecule has 9 heteroatoms. The van der Waals surface area contributed by atoms with Crippen LogP contribution in [0.3, 0.4) is 0 Å². The van der Waals surface area contributed by atoms with Crippen LogP contribution in [0.1, 0.15) is 70.8 Å². The number of halogens is 2. The molecule has 1 saturated carbocycles. The molecule has 1 saturated heterocycles.